The van der Waals surface area contributed by atoms with Gasteiger partial charge in [-0.15, -0.1) is 0 Å². The number of fused-ring (bicyclic) bond motifs is 2. The summed E-state index contributed by atoms with van der Waals surface area (Å²) < 4.78 is 0. The van der Waals surface area contributed by atoms with Crippen LogP contribution in [-0.2, 0) is 0 Å². The van der Waals surface area contributed by atoms with E-state index in [0.29, 0.717) is 11.5 Å². The molecule has 2 saturated carbocycles. The Morgan fingerprint density at radius 3 is 2.33 bits per heavy atom. The lowest BCUT2D eigenvalue weighted by atomic mass is 9.65. The molecule has 0 aromatic heterocycles. The summed E-state index contributed by atoms with van der Waals surface area (Å²) in [6.45, 7) is 7.08. The van der Waals surface area contributed by atoms with Crippen molar-refractivity contribution < 1.29 is 0 Å². The highest BCUT2D eigenvalue weighted by Crippen LogP contribution is 2.58. The van der Waals surface area contributed by atoms with E-state index in [1.807, 2.05) is 0 Å². The average molecular weight is 167 g/mol. The van der Waals surface area contributed by atoms with E-state index in [9.17, 15) is 0 Å². The van der Waals surface area contributed by atoms with E-state index in [0.717, 1.165) is 17.8 Å². The Hall–Kier alpha value is -0.0400. The molecule has 2 aliphatic rings. The molecule has 1 heteroatoms. The maximum Gasteiger partial charge on any atom is 0.0127 e. The molecule has 0 aliphatic heterocycles. The van der Waals surface area contributed by atoms with Gasteiger partial charge in [0.15, 0.2) is 0 Å². The highest BCUT2D eigenvalue weighted by Gasteiger charge is 2.54. The lowest BCUT2D eigenvalue weighted by Gasteiger charge is -2.42. The van der Waals surface area contributed by atoms with Gasteiger partial charge in [-0.25, -0.2) is 0 Å². The Morgan fingerprint density at radius 1 is 1.33 bits per heavy atom. The van der Waals surface area contributed by atoms with Crippen LogP contribution in [0.15, 0.2) is 0 Å². The quantitative estimate of drug-likeness (QED) is 0.637. The second-order valence-electron chi connectivity index (χ2n) is 5.32. The molecule has 1 unspecified atom stereocenters. The summed E-state index contributed by atoms with van der Waals surface area (Å²) in [6.07, 6.45) is 4.25. The molecular weight excluding hydrogens is 146 g/mol. The van der Waals surface area contributed by atoms with E-state index in [1.165, 1.54) is 19.3 Å². The van der Waals surface area contributed by atoms with Gasteiger partial charge in [-0.3, -0.25) is 0 Å². The number of hydrogen-bond acceptors (Lipinski definition) is 1. The van der Waals surface area contributed by atoms with Crippen LogP contribution in [0.1, 0.15) is 40.0 Å². The predicted octanol–water partition coefficient (Wildman–Crippen LogP) is 2.41. The molecule has 70 valence electrons. The zero-order chi connectivity index (χ0) is 8.93. The highest BCUT2D eigenvalue weighted by atomic mass is 14.8. The Bertz CT molecular complexity index is 183. The van der Waals surface area contributed by atoms with Gasteiger partial charge >= 0.3 is 0 Å². The van der Waals surface area contributed by atoms with Gasteiger partial charge in [-0.05, 0) is 42.4 Å². The van der Waals surface area contributed by atoms with Crippen molar-refractivity contribution in [1.82, 2.24) is 0 Å². The molecule has 0 spiro atoms. The standard InChI is InChI=1S/C11H21N/c1-7(2)11(3)9-5-4-8(6-9)10(11)12/h7-10H,4-6,12H2,1-3H3/t8-,9+,10-,11?/m1/s1. The minimum Gasteiger partial charge on any atom is -0.327 e. The van der Waals surface area contributed by atoms with Crippen molar-refractivity contribution in [2.24, 2.45) is 28.9 Å². The molecule has 1 nitrogen and oxygen atoms in total. The molecule has 12 heavy (non-hydrogen) atoms. The van der Waals surface area contributed by atoms with Gasteiger partial charge in [0.1, 0.15) is 0 Å². The minimum absolute atomic E-state index is 0.447. The van der Waals surface area contributed by atoms with E-state index in [2.05, 4.69) is 20.8 Å². The summed E-state index contributed by atoms with van der Waals surface area (Å²) >= 11 is 0. The molecule has 0 heterocycles. The van der Waals surface area contributed by atoms with E-state index in [-0.39, 0.29) is 0 Å². The van der Waals surface area contributed by atoms with E-state index >= 15 is 0 Å². The van der Waals surface area contributed by atoms with Gasteiger partial charge in [-0.1, -0.05) is 20.8 Å². The number of nitrogens with two attached hydrogens (primary N) is 1. The van der Waals surface area contributed by atoms with Crippen LogP contribution in [-0.4, -0.2) is 6.04 Å². The number of hydrogen-bond donors (Lipinski definition) is 1. The minimum atomic E-state index is 0.447. The number of rotatable bonds is 1. The van der Waals surface area contributed by atoms with Gasteiger partial charge in [0.25, 0.3) is 0 Å². The highest BCUT2D eigenvalue weighted by molar-refractivity contribution is 5.07. The normalized spacial score (nSPS) is 52.2. The summed E-state index contributed by atoms with van der Waals surface area (Å²) in [5.41, 5.74) is 6.75. The van der Waals surface area contributed by atoms with Gasteiger partial charge in [0, 0.05) is 6.04 Å². The fourth-order valence-electron chi connectivity index (χ4n) is 3.54. The molecule has 0 aromatic carbocycles. The molecule has 2 fully saturated rings. The van der Waals surface area contributed by atoms with Crippen molar-refractivity contribution in [1.29, 1.82) is 0 Å². The monoisotopic (exact) mass is 167 g/mol. The summed E-state index contributed by atoms with van der Waals surface area (Å²) in [5.74, 6) is 2.53. The van der Waals surface area contributed by atoms with Crippen LogP contribution in [0.3, 0.4) is 0 Å². The molecule has 2 rings (SSSR count). The molecule has 4 atom stereocenters. The summed E-state index contributed by atoms with van der Waals surface area (Å²) in [5, 5.41) is 0. The third-order valence-corrected chi connectivity index (χ3v) is 4.82. The van der Waals surface area contributed by atoms with Crippen molar-refractivity contribution in [3.63, 3.8) is 0 Å². The first kappa shape index (κ1) is 8.55. The maximum absolute atomic E-state index is 6.30. The van der Waals surface area contributed by atoms with E-state index in [1.54, 1.807) is 0 Å². The second kappa shape index (κ2) is 2.47. The zero-order valence-corrected chi connectivity index (χ0v) is 8.51. The van der Waals surface area contributed by atoms with Crippen LogP contribution in [0, 0.1) is 23.2 Å². The lowest BCUT2D eigenvalue weighted by Crippen LogP contribution is -2.47. The fourth-order valence-corrected chi connectivity index (χ4v) is 3.54. The maximum atomic E-state index is 6.30. The van der Waals surface area contributed by atoms with E-state index < -0.39 is 0 Å². The fraction of sp³-hybridized carbons (Fsp3) is 1.00. The third kappa shape index (κ3) is 0.834. The third-order valence-electron chi connectivity index (χ3n) is 4.82. The van der Waals surface area contributed by atoms with Crippen molar-refractivity contribution in [3.05, 3.63) is 0 Å². The molecule has 0 saturated heterocycles. The van der Waals surface area contributed by atoms with Crippen LogP contribution in [0.4, 0.5) is 0 Å². The molecule has 0 radical (unpaired) electrons. The Morgan fingerprint density at radius 2 is 2.00 bits per heavy atom. The molecule has 2 bridgehead atoms. The van der Waals surface area contributed by atoms with Crippen molar-refractivity contribution in [2.75, 3.05) is 0 Å². The van der Waals surface area contributed by atoms with Crippen LogP contribution in [0.5, 0.6) is 0 Å². The Kier molecular flexibility index (Phi) is 1.76. The Balaban J connectivity index is 2.26. The van der Waals surface area contributed by atoms with Gasteiger partial charge in [0.05, 0.1) is 0 Å². The molecule has 2 N–H and O–H groups in total. The van der Waals surface area contributed by atoms with Gasteiger partial charge in [0.2, 0.25) is 0 Å². The van der Waals surface area contributed by atoms with Crippen LogP contribution < -0.4 is 5.73 Å². The molecule has 2 aliphatic carbocycles. The lowest BCUT2D eigenvalue weighted by molar-refractivity contribution is 0.0930. The van der Waals surface area contributed by atoms with E-state index in [4.69, 9.17) is 5.73 Å². The molecular formula is C11H21N. The molecule has 0 aromatic rings. The first-order valence-corrected chi connectivity index (χ1v) is 5.32. The predicted molar refractivity (Wildman–Crippen MR) is 51.8 cm³/mol. The SMILES string of the molecule is CC(C)C1(C)[C@H]2CC[C@H](C2)[C@H]1N. The summed E-state index contributed by atoms with van der Waals surface area (Å²) in [6, 6.07) is 0.483. The van der Waals surface area contributed by atoms with Crippen molar-refractivity contribution in [2.45, 2.75) is 46.1 Å². The topological polar surface area (TPSA) is 26.0 Å². The summed E-state index contributed by atoms with van der Waals surface area (Å²) in [7, 11) is 0. The zero-order valence-electron chi connectivity index (χ0n) is 8.51. The Labute approximate surface area is 75.7 Å². The molecule has 0 amide bonds. The largest absolute Gasteiger partial charge is 0.327 e. The summed E-state index contributed by atoms with van der Waals surface area (Å²) in [4.78, 5) is 0. The average Bonchev–Trinajstić information content (AvgIpc) is 2.55. The van der Waals surface area contributed by atoms with Crippen LogP contribution >= 0.6 is 0 Å². The first-order valence-electron chi connectivity index (χ1n) is 5.32. The van der Waals surface area contributed by atoms with Crippen molar-refractivity contribution in [3.8, 4) is 0 Å². The van der Waals surface area contributed by atoms with Crippen LogP contribution in [0.25, 0.3) is 0 Å². The van der Waals surface area contributed by atoms with Crippen LogP contribution in [0.2, 0.25) is 0 Å². The smallest absolute Gasteiger partial charge is 0.0127 e. The first-order chi connectivity index (χ1) is 5.56. The van der Waals surface area contributed by atoms with Crippen molar-refractivity contribution >= 4 is 0 Å². The van der Waals surface area contributed by atoms with Gasteiger partial charge in [-0.2, -0.15) is 0 Å². The second-order valence-corrected chi connectivity index (χ2v) is 5.32. The van der Waals surface area contributed by atoms with Gasteiger partial charge < -0.3 is 5.73 Å².